The molecule has 5 heteroatoms. The van der Waals surface area contributed by atoms with E-state index in [1.165, 1.54) is 0 Å². The van der Waals surface area contributed by atoms with Gasteiger partial charge in [0.05, 0.1) is 18.1 Å². The molecule has 1 aromatic carbocycles. The van der Waals surface area contributed by atoms with Crippen molar-refractivity contribution in [3.8, 4) is 17.1 Å². The van der Waals surface area contributed by atoms with Gasteiger partial charge in [-0.2, -0.15) is 4.98 Å². The smallest absolute Gasteiger partial charge is 0.234 e. The van der Waals surface area contributed by atoms with E-state index in [9.17, 15) is 0 Å². The first kappa shape index (κ1) is 13.1. The van der Waals surface area contributed by atoms with Crippen LogP contribution >= 0.6 is 0 Å². The average molecular weight is 273 g/mol. The van der Waals surface area contributed by atoms with Crippen molar-refractivity contribution in [2.45, 2.75) is 37.6 Å². The molecule has 5 nitrogen and oxygen atoms in total. The average Bonchev–Trinajstić information content (AvgIpc) is 3.08. The fraction of sp³-hybridized carbons (Fsp3) is 0.467. The maximum absolute atomic E-state index is 6.20. The Morgan fingerprint density at radius 2 is 2.20 bits per heavy atom. The maximum Gasteiger partial charge on any atom is 0.234 e. The van der Waals surface area contributed by atoms with Gasteiger partial charge in [-0.1, -0.05) is 23.7 Å². The fourth-order valence-corrected chi connectivity index (χ4v) is 2.85. The molecule has 3 rings (SSSR count). The molecular weight excluding hydrogens is 254 g/mol. The van der Waals surface area contributed by atoms with E-state index in [1.807, 2.05) is 24.3 Å². The number of methoxy groups -OCH3 is 1. The quantitative estimate of drug-likeness (QED) is 0.930. The third-order valence-electron chi connectivity index (χ3n) is 4.29. The van der Waals surface area contributed by atoms with Crippen LogP contribution in [0.15, 0.2) is 28.8 Å². The first-order chi connectivity index (χ1) is 9.65. The zero-order valence-electron chi connectivity index (χ0n) is 11.8. The van der Waals surface area contributed by atoms with Gasteiger partial charge >= 0.3 is 0 Å². The van der Waals surface area contributed by atoms with Gasteiger partial charge in [0.25, 0.3) is 0 Å². The van der Waals surface area contributed by atoms with E-state index in [4.69, 9.17) is 15.0 Å². The molecule has 0 spiro atoms. The highest BCUT2D eigenvalue weighted by Gasteiger charge is 2.42. The Morgan fingerprint density at radius 3 is 2.90 bits per heavy atom. The van der Waals surface area contributed by atoms with Crippen LogP contribution in [0.2, 0.25) is 0 Å². The van der Waals surface area contributed by atoms with Gasteiger partial charge in [-0.3, -0.25) is 0 Å². The van der Waals surface area contributed by atoms with Crippen molar-refractivity contribution in [1.29, 1.82) is 0 Å². The lowest BCUT2D eigenvalue weighted by molar-refractivity contribution is 0.278. The van der Waals surface area contributed by atoms with Gasteiger partial charge in [-0.25, -0.2) is 0 Å². The third kappa shape index (κ3) is 1.98. The van der Waals surface area contributed by atoms with Crippen molar-refractivity contribution in [2.75, 3.05) is 7.11 Å². The summed E-state index contributed by atoms with van der Waals surface area (Å²) in [6.45, 7) is 2.10. The third-order valence-corrected chi connectivity index (χ3v) is 4.29. The Kier molecular flexibility index (Phi) is 3.22. The number of rotatable bonds is 3. The Bertz CT molecular complexity index is 611. The van der Waals surface area contributed by atoms with E-state index in [2.05, 4.69) is 17.1 Å². The van der Waals surface area contributed by atoms with Gasteiger partial charge in [0.15, 0.2) is 0 Å². The van der Waals surface area contributed by atoms with E-state index >= 15 is 0 Å². The summed E-state index contributed by atoms with van der Waals surface area (Å²) in [5.74, 6) is 1.92. The molecule has 20 heavy (non-hydrogen) atoms. The molecule has 0 radical (unpaired) electrons. The van der Waals surface area contributed by atoms with Crippen LogP contribution in [0, 0.1) is 0 Å². The predicted molar refractivity (Wildman–Crippen MR) is 75.5 cm³/mol. The first-order valence-electron chi connectivity index (χ1n) is 6.88. The molecule has 1 aliphatic rings. The molecule has 2 unspecified atom stereocenters. The highest BCUT2D eigenvalue weighted by Crippen LogP contribution is 2.40. The molecule has 1 saturated carbocycles. The summed E-state index contributed by atoms with van der Waals surface area (Å²) in [6.07, 6.45) is 3.09. The highest BCUT2D eigenvalue weighted by atomic mass is 16.5. The van der Waals surface area contributed by atoms with Crippen LogP contribution in [0.4, 0.5) is 0 Å². The second kappa shape index (κ2) is 4.90. The minimum absolute atomic E-state index is 0.0773. The van der Waals surface area contributed by atoms with E-state index < -0.39 is 0 Å². The van der Waals surface area contributed by atoms with Crippen LogP contribution in [-0.4, -0.2) is 23.3 Å². The van der Waals surface area contributed by atoms with E-state index in [1.54, 1.807) is 7.11 Å². The molecule has 0 saturated heterocycles. The van der Waals surface area contributed by atoms with Crippen molar-refractivity contribution in [1.82, 2.24) is 10.1 Å². The number of nitrogens with zero attached hydrogens (tertiary/aromatic N) is 2. The van der Waals surface area contributed by atoms with Crippen LogP contribution in [0.3, 0.4) is 0 Å². The predicted octanol–water partition coefficient (Wildman–Crippen LogP) is 2.51. The monoisotopic (exact) mass is 273 g/mol. The summed E-state index contributed by atoms with van der Waals surface area (Å²) in [7, 11) is 1.63. The van der Waals surface area contributed by atoms with Gasteiger partial charge < -0.3 is 15.0 Å². The number of nitrogens with two attached hydrogens (primary N) is 1. The Hall–Kier alpha value is -1.88. The first-order valence-corrected chi connectivity index (χ1v) is 6.88. The SMILES string of the molecule is COc1ccccc1-c1noc(C2(C)CCCC2N)n1. The number of benzene rings is 1. The number of ether oxygens (including phenoxy) is 1. The molecule has 2 aromatic rings. The van der Waals surface area contributed by atoms with Gasteiger partial charge in [-0.15, -0.1) is 0 Å². The van der Waals surface area contributed by atoms with Crippen LogP contribution < -0.4 is 10.5 Å². The van der Waals surface area contributed by atoms with Crippen LogP contribution in [0.5, 0.6) is 5.75 Å². The largest absolute Gasteiger partial charge is 0.496 e. The van der Waals surface area contributed by atoms with Crippen LogP contribution in [0.25, 0.3) is 11.4 Å². The lowest BCUT2D eigenvalue weighted by Crippen LogP contribution is -2.38. The lowest BCUT2D eigenvalue weighted by Gasteiger charge is -2.23. The van der Waals surface area contributed by atoms with E-state index in [0.29, 0.717) is 11.7 Å². The zero-order valence-corrected chi connectivity index (χ0v) is 11.8. The van der Waals surface area contributed by atoms with Crippen molar-refractivity contribution < 1.29 is 9.26 Å². The summed E-state index contributed by atoms with van der Waals surface area (Å²) >= 11 is 0. The summed E-state index contributed by atoms with van der Waals surface area (Å²) in [4.78, 5) is 4.56. The Morgan fingerprint density at radius 1 is 1.40 bits per heavy atom. The van der Waals surface area contributed by atoms with Gasteiger partial charge in [0, 0.05) is 6.04 Å². The summed E-state index contributed by atoms with van der Waals surface area (Å²) in [6, 6.07) is 7.72. The molecule has 1 heterocycles. The minimum atomic E-state index is -0.215. The van der Waals surface area contributed by atoms with Crippen LogP contribution in [0.1, 0.15) is 32.1 Å². The number of aromatic nitrogens is 2. The maximum atomic E-state index is 6.20. The molecule has 1 aliphatic carbocycles. The Balaban J connectivity index is 1.98. The number of para-hydroxylation sites is 1. The Labute approximate surface area is 118 Å². The minimum Gasteiger partial charge on any atom is -0.496 e. The number of hydrogen-bond donors (Lipinski definition) is 1. The molecule has 0 bridgehead atoms. The highest BCUT2D eigenvalue weighted by molar-refractivity contribution is 5.63. The normalized spacial score (nSPS) is 25.9. The van der Waals surface area contributed by atoms with Gasteiger partial charge in [0.2, 0.25) is 11.7 Å². The summed E-state index contributed by atoms with van der Waals surface area (Å²) in [5, 5.41) is 4.10. The van der Waals surface area contributed by atoms with E-state index in [0.717, 1.165) is 30.6 Å². The summed E-state index contributed by atoms with van der Waals surface area (Å²) in [5.41, 5.74) is 6.82. The van der Waals surface area contributed by atoms with Gasteiger partial charge in [-0.05, 0) is 31.9 Å². The summed E-state index contributed by atoms with van der Waals surface area (Å²) < 4.78 is 10.8. The van der Waals surface area contributed by atoms with Crippen molar-refractivity contribution >= 4 is 0 Å². The van der Waals surface area contributed by atoms with E-state index in [-0.39, 0.29) is 11.5 Å². The molecule has 0 aliphatic heterocycles. The van der Waals surface area contributed by atoms with Gasteiger partial charge in [0.1, 0.15) is 5.75 Å². The lowest BCUT2D eigenvalue weighted by atomic mass is 9.85. The fourth-order valence-electron chi connectivity index (χ4n) is 2.85. The van der Waals surface area contributed by atoms with Crippen molar-refractivity contribution in [2.24, 2.45) is 5.73 Å². The molecule has 1 aromatic heterocycles. The molecule has 1 fully saturated rings. The molecule has 106 valence electrons. The standard InChI is InChI=1S/C15H19N3O2/c1-15(9-5-8-12(15)16)14-17-13(18-20-14)10-6-3-4-7-11(10)19-2/h3-4,6-7,12H,5,8-9,16H2,1-2H3. The second-order valence-electron chi connectivity index (χ2n) is 5.54. The van der Waals surface area contributed by atoms with Crippen molar-refractivity contribution in [3.05, 3.63) is 30.2 Å². The molecular formula is C15H19N3O2. The van der Waals surface area contributed by atoms with Crippen LogP contribution in [-0.2, 0) is 5.41 Å². The topological polar surface area (TPSA) is 74.2 Å². The second-order valence-corrected chi connectivity index (χ2v) is 5.54. The molecule has 0 amide bonds. The number of hydrogen-bond acceptors (Lipinski definition) is 5. The van der Waals surface area contributed by atoms with Crippen molar-refractivity contribution in [3.63, 3.8) is 0 Å². The molecule has 2 atom stereocenters. The zero-order chi connectivity index (χ0) is 14.2. The molecule has 2 N–H and O–H groups in total.